The van der Waals surface area contributed by atoms with E-state index < -0.39 is 14.9 Å². The summed E-state index contributed by atoms with van der Waals surface area (Å²) in [7, 11) is -2.19. The lowest BCUT2D eigenvalue weighted by atomic mass is 10.0. The summed E-state index contributed by atoms with van der Waals surface area (Å²) in [6, 6.07) is 21.3. The van der Waals surface area contributed by atoms with Crippen LogP contribution in [-0.2, 0) is 16.6 Å². The molecule has 0 amide bonds. The molecule has 0 atom stereocenters. The molecular weight excluding hydrogens is 391 g/mol. The van der Waals surface area contributed by atoms with Gasteiger partial charge in [-0.1, -0.05) is 54.6 Å². The van der Waals surface area contributed by atoms with Gasteiger partial charge >= 0.3 is 0 Å². The number of rotatable bonds is 7. The maximum absolute atomic E-state index is 12.0. The van der Waals surface area contributed by atoms with Gasteiger partial charge in [0.2, 0.25) is 10.0 Å². The third-order valence-corrected chi connectivity index (χ3v) is 5.67. The molecule has 29 heavy (non-hydrogen) atoms. The van der Waals surface area contributed by atoms with Crippen LogP contribution in [0.2, 0.25) is 0 Å². The Bertz CT molecular complexity index is 1130. The van der Waals surface area contributed by atoms with Gasteiger partial charge in [-0.15, -0.1) is 0 Å². The van der Waals surface area contributed by atoms with Crippen molar-refractivity contribution in [2.24, 2.45) is 0 Å². The van der Waals surface area contributed by atoms with Crippen LogP contribution in [0.5, 0.6) is 5.75 Å². The van der Waals surface area contributed by atoms with E-state index in [1.54, 1.807) is 0 Å². The van der Waals surface area contributed by atoms with Crippen LogP contribution >= 0.6 is 0 Å². The number of hydrogen-bond donors (Lipinski definition) is 0. The molecule has 0 unspecified atom stereocenters. The largest absolute Gasteiger partial charge is 0.486 e. The Labute approximate surface area is 169 Å². The molecule has 8 heteroatoms. The van der Waals surface area contributed by atoms with Crippen LogP contribution in [-0.4, -0.2) is 26.6 Å². The monoisotopic (exact) mass is 411 g/mol. The third-order valence-electron chi connectivity index (χ3n) is 4.48. The highest BCUT2D eigenvalue weighted by Gasteiger charge is 2.20. The summed E-state index contributed by atoms with van der Waals surface area (Å²) in [5.41, 5.74) is 2.91. The molecule has 0 heterocycles. The molecule has 0 saturated heterocycles. The van der Waals surface area contributed by atoms with Gasteiger partial charge in [0.1, 0.15) is 6.61 Å². The molecule has 0 bridgehead atoms. The molecule has 0 N–H and O–H groups in total. The fourth-order valence-corrected chi connectivity index (χ4v) is 3.38. The molecule has 0 spiro atoms. The quantitative estimate of drug-likeness (QED) is 0.429. The molecule has 0 radical (unpaired) electrons. The van der Waals surface area contributed by atoms with Crippen LogP contribution in [0.1, 0.15) is 5.56 Å². The van der Waals surface area contributed by atoms with Crippen molar-refractivity contribution in [2.45, 2.75) is 6.61 Å². The summed E-state index contributed by atoms with van der Waals surface area (Å²) >= 11 is 0. The Kier molecular flexibility index (Phi) is 5.84. The summed E-state index contributed by atoms with van der Waals surface area (Å²) in [4.78, 5) is 10.6. The minimum atomic E-state index is -3.56. The number of nitro groups is 1. The van der Waals surface area contributed by atoms with Gasteiger partial charge < -0.3 is 4.74 Å². The summed E-state index contributed by atoms with van der Waals surface area (Å²) in [5.74, 6) is 0.120. The summed E-state index contributed by atoms with van der Waals surface area (Å²) < 4.78 is 30.8. The minimum Gasteiger partial charge on any atom is -0.486 e. The van der Waals surface area contributed by atoms with E-state index in [1.165, 1.54) is 25.2 Å². The average molecular weight is 411 g/mol. The maximum atomic E-state index is 12.0. The highest BCUT2D eigenvalue weighted by atomic mass is 32.2. The smallest absolute Gasteiger partial charge is 0.273 e. The van der Waals surface area contributed by atoms with Gasteiger partial charge in [0.05, 0.1) is 22.9 Å². The number of sulfonamides is 1. The zero-order valence-corrected chi connectivity index (χ0v) is 16.8. The topological polar surface area (TPSA) is 89.8 Å². The lowest BCUT2D eigenvalue weighted by molar-refractivity contribution is -0.384. The van der Waals surface area contributed by atoms with Crippen molar-refractivity contribution < 1.29 is 18.1 Å². The second-order valence-electron chi connectivity index (χ2n) is 6.45. The minimum absolute atomic E-state index is 0.120. The molecule has 150 valence electrons. The van der Waals surface area contributed by atoms with E-state index in [1.807, 2.05) is 54.6 Å². The van der Waals surface area contributed by atoms with E-state index in [-0.39, 0.29) is 23.7 Å². The highest BCUT2D eigenvalue weighted by Crippen LogP contribution is 2.34. The lowest BCUT2D eigenvalue weighted by Gasteiger charge is -2.20. The molecule has 0 aliphatic carbocycles. The number of hydrogen-bond acceptors (Lipinski definition) is 5. The van der Waals surface area contributed by atoms with Gasteiger partial charge in [-0.3, -0.25) is 14.4 Å². The zero-order valence-electron chi connectivity index (χ0n) is 16.0. The number of nitro benzene ring substituents is 1. The van der Waals surface area contributed by atoms with Crippen molar-refractivity contribution >= 4 is 21.4 Å². The molecule has 7 nitrogen and oxygen atoms in total. The van der Waals surface area contributed by atoms with Crippen molar-refractivity contribution in [3.8, 4) is 16.9 Å². The van der Waals surface area contributed by atoms with Crippen LogP contribution in [0.15, 0.2) is 72.8 Å². The van der Waals surface area contributed by atoms with Gasteiger partial charge in [-0.05, 0) is 22.8 Å². The zero-order chi connectivity index (χ0) is 21.0. The van der Waals surface area contributed by atoms with Gasteiger partial charge in [-0.25, -0.2) is 8.42 Å². The van der Waals surface area contributed by atoms with Crippen LogP contribution in [0.25, 0.3) is 11.1 Å². The second-order valence-corrected chi connectivity index (χ2v) is 8.47. The Hall–Kier alpha value is -3.39. The first-order chi connectivity index (χ1) is 13.8. The Balaban J connectivity index is 1.97. The van der Waals surface area contributed by atoms with Gasteiger partial charge in [0, 0.05) is 13.1 Å². The average Bonchev–Trinajstić information content (AvgIpc) is 2.71. The Morgan fingerprint density at radius 2 is 1.66 bits per heavy atom. The number of nitrogens with zero attached hydrogens (tertiary/aromatic N) is 2. The fraction of sp³-hybridized carbons (Fsp3) is 0.143. The first-order valence-corrected chi connectivity index (χ1v) is 10.6. The SMILES string of the molecule is CS(=O)(=O)N([11CH3])c1ccc([N+](=O)[O-])cc1OCc1ccccc1-c1ccccc1. The first kappa shape index (κ1) is 20.3. The van der Waals surface area contributed by atoms with E-state index in [0.29, 0.717) is 0 Å². The van der Waals surface area contributed by atoms with E-state index in [9.17, 15) is 18.5 Å². The van der Waals surface area contributed by atoms with Gasteiger partial charge in [-0.2, -0.15) is 0 Å². The van der Waals surface area contributed by atoms with Gasteiger partial charge in [0.15, 0.2) is 5.75 Å². The Morgan fingerprint density at radius 3 is 2.31 bits per heavy atom. The summed E-state index contributed by atoms with van der Waals surface area (Å²) in [5, 5.41) is 11.2. The Morgan fingerprint density at radius 1 is 1.00 bits per heavy atom. The van der Waals surface area contributed by atoms with E-state index in [4.69, 9.17) is 4.74 Å². The molecule has 3 rings (SSSR count). The summed E-state index contributed by atoms with van der Waals surface area (Å²) in [6.45, 7) is 0.122. The second kappa shape index (κ2) is 8.32. The van der Waals surface area contributed by atoms with Crippen LogP contribution in [0, 0.1) is 10.1 Å². The third kappa shape index (κ3) is 4.72. The first-order valence-electron chi connectivity index (χ1n) is 8.76. The predicted octanol–water partition coefficient (Wildman–Crippen LogP) is 4.24. The molecule has 0 aliphatic heterocycles. The van der Waals surface area contributed by atoms with Crippen LogP contribution in [0.3, 0.4) is 0 Å². The lowest BCUT2D eigenvalue weighted by Crippen LogP contribution is -2.25. The fourth-order valence-electron chi connectivity index (χ4n) is 2.87. The molecule has 0 aromatic heterocycles. The van der Waals surface area contributed by atoms with Crippen molar-refractivity contribution in [1.82, 2.24) is 0 Å². The number of benzene rings is 3. The normalized spacial score (nSPS) is 11.1. The maximum Gasteiger partial charge on any atom is 0.273 e. The van der Waals surface area contributed by atoms with Crippen LogP contribution < -0.4 is 9.04 Å². The van der Waals surface area contributed by atoms with Crippen molar-refractivity contribution in [3.63, 3.8) is 0 Å². The molecular formula is C21H20N2O5S. The number of non-ortho nitro benzene ring substituents is 1. The van der Waals surface area contributed by atoms with E-state index in [0.717, 1.165) is 27.3 Å². The van der Waals surface area contributed by atoms with Crippen molar-refractivity contribution in [2.75, 3.05) is 17.6 Å². The standard InChI is InChI=1S/C21H20N2O5S/c1-22(29(2,26)27)20-13-12-18(23(24)25)14-21(20)28-15-17-10-6-7-11-19(17)16-8-4-3-5-9-16/h3-14H,15H2,1-2H3/i1-1. The molecule has 3 aromatic carbocycles. The number of anilines is 1. The molecule has 0 saturated carbocycles. The predicted molar refractivity (Wildman–Crippen MR) is 113 cm³/mol. The molecule has 3 aromatic rings. The highest BCUT2D eigenvalue weighted by molar-refractivity contribution is 7.92. The van der Waals surface area contributed by atoms with Crippen molar-refractivity contribution in [1.29, 1.82) is 0 Å². The van der Waals surface area contributed by atoms with Crippen LogP contribution in [0.4, 0.5) is 11.4 Å². The number of ether oxygens (including phenoxy) is 1. The van der Waals surface area contributed by atoms with E-state index >= 15 is 0 Å². The summed E-state index contributed by atoms with van der Waals surface area (Å²) in [6.07, 6.45) is 1.06. The van der Waals surface area contributed by atoms with Gasteiger partial charge in [0.25, 0.3) is 5.69 Å². The van der Waals surface area contributed by atoms with Crippen molar-refractivity contribution in [3.05, 3.63) is 88.5 Å². The molecule has 0 aliphatic rings. The van der Waals surface area contributed by atoms with E-state index in [2.05, 4.69) is 0 Å². The molecule has 0 fully saturated rings.